The van der Waals surface area contributed by atoms with Crippen LogP contribution in [0, 0.1) is 0 Å². The zero-order valence-electron chi connectivity index (χ0n) is 53.9. The lowest BCUT2D eigenvalue weighted by Crippen LogP contribution is -2.45. The number of thioether (sulfide) groups is 2. The summed E-state index contributed by atoms with van der Waals surface area (Å²) < 4.78 is 60.4. The van der Waals surface area contributed by atoms with Gasteiger partial charge >= 0.3 is 7.75 Å². The molecule has 0 spiro atoms. The monoisotopic (exact) mass is 1190 g/mol. The Bertz CT molecular complexity index is 1380. The molecule has 0 saturated heterocycles. The molecule has 0 rings (SSSR count). The molecule has 0 radical (unpaired) electrons. The molecule has 0 aliphatic heterocycles. The van der Waals surface area contributed by atoms with E-state index < -0.39 is 17.9 Å². The lowest BCUT2D eigenvalue weighted by Gasteiger charge is -2.30. The van der Waals surface area contributed by atoms with E-state index in [1.807, 2.05) is 14.1 Å². The summed E-state index contributed by atoms with van der Waals surface area (Å²) in [6, 6.07) is 0. The SMILES string of the molecule is CCCCCCCCCCCCSC(CCCCCCCC)CCCCCCCCCOP(=O)(NCC[N+](C)(C)CCCS(=O)(=O)[O-])OCCCCCCCCC(CCCCCCCCC)SCCCCCCCCCCCC. The van der Waals surface area contributed by atoms with E-state index in [1.165, 1.54) is 307 Å². The van der Waals surface area contributed by atoms with Crippen molar-refractivity contribution in [3.8, 4) is 0 Å². The second kappa shape index (κ2) is 60.4. The van der Waals surface area contributed by atoms with Crippen LogP contribution in [-0.4, -0.2) is 92.2 Å². The van der Waals surface area contributed by atoms with Crippen LogP contribution in [0.2, 0.25) is 0 Å². The summed E-state index contributed by atoms with van der Waals surface area (Å²) in [6.45, 7) is 11.6. The van der Waals surface area contributed by atoms with Crippen molar-refractivity contribution < 1.29 is 31.1 Å². The molecule has 0 bridgehead atoms. The predicted octanol–water partition coefficient (Wildman–Crippen LogP) is 22.5. The van der Waals surface area contributed by atoms with Crippen LogP contribution in [-0.2, 0) is 23.7 Å². The Hall–Kier alpha value is 0.680. The summed E-state index contributed by atoms with van der Waals surface area (Å²) in [5.41, 5.74) is 0. The van der Waals surface area contributed by atoms with Crippen LogP contribution >= 0.6 is 31.3 Å². The quantitative estimate of drug-likeness (QED) is 0.0276. The first kappa shape index (κ1) is 79.7. The van der Waals surface area contributed by atoms with Gasteiger partial charge < -0.3 is 9.04 Å². The third kappa shape index (κ3) is 61.6. The standard InChI is InChI=1S/C67H139N2O6PS3/c1-7-11-15-19-23-25-27-35-43-51-63-77-66(54-45-37-22-18-14-10-4)56-47-39-31-29-33-41-49-61-74-76(70,68-58-60-69(5,6)59-53-65-79(71,72)73)75-62-50-42-34-32-40-48-57-67(55-46-38-30-21-17-13-9-3)78-64-52-44-36-28-26-24-20-16-12-8-2/h66-67H,7-65H2,1-6H3,(H-,68,70,71,72,73). The molecule has 3 atom stereocenters. The molecule has 12 heteroatoms. The lowest BCUT2D eigenvalue weighted by atomic mass is 10.0. The highest BCUT2D eigenvalue weighted by atomic mass is 32.2. The number of nitrogens with one attached hydrogen (secondary N) is 1. The van der Waals surface area contributed by atoms with Gasteiger partial charge in [-0.3, -0.25) is 9.05 Å². The first-order valence-corrected chi connectivity index (χ1v) is 40.2. The van der Waals surface area contributed by atoms with Crippen molar-refractivity contribution in [2.24, 2.45) is 0 Å². The number of hydrogen-bond donors (Lipinski definition) is 1. The minimum absolute atomic E-state index is 0.306. The second-order valence-electron chi connectivity index (χ2n) is 25.1. The lowest BCUT2D eigenvalue weighted by molar-refractivity contribution is -0.889. The molecule has 0 amide bonds. The smallest absolute Gasteiger partial charge is 0.405 e. The Morgan fingerprint density at radius 3 is 0.949 bits per heavy atom. The van der Waals surface area contributed by atoms with Crippen LogP contribution in [0.1, 0.15) is 355 Å². The third-order valence-electron chi connectivity index (χ3n) is 16.5. The van der Waals surface area contributed by atoms with Gasteiger partial charge in [-0.15, -0.1) is 0 Å². The summed E-state index contributed by atoms with van der Waals surface area (Å²) in [5.74, 6) is 2.33. The molecule has 0 aromatic heterocycles. The maximum Gasteiger partial charge on any atom is 0.405 e. The van der Waals surface area contributed by atoms with Gasteiger partial charge in [0, 0.05) is 22.7 Å². The summed E-state index contributed by atoms with van der Waals surface area (Å²) in [4.78, 5) is 0. The molecular weight excluding hydrogens is 1060 g/mol. The largest absolute Gasteiger partial charge is 0.748 e. The average molecular weight is 1200 g/mol. The first-order chi connectivity index (χ1) is 38.4. The molecule has 1 N–H and O–H groups in total. The molecule has 0 saturated carbocycles. The maximum absolute atomic E-state index is 14.1. The number of nitrogens with zero attached hydrogens (tertiary/aromatic N) is 1. The highest BCUT2D eigenvalue weighted by Gasteiger charge is 2.26. The van der Waals surface area contributed by atoms with Crippen LogP contribution in [0.15, 0.2) is 0 Å². The molecule has 0 heterocycles. The van der Waals surface area contributed by atoms with Crippen molar-refractivity contribution in [3.05, 3.63) is 0 Å². The van der Waals surface area contributed by atoms with Gasteiger partial charge in [0.1, 0.15) is 0 Å². The van der Waals surface area contributed by atoms with Crippen molar-refractivity contribution >= 4 is 41.4 Å². The fraction of sp³-hybridized carbons (Fsp3) is 1.00. The van der Waals surface area contributed by atoms with E-state index in [9.17, 15) is 17.5 Å². The van der Waals surface area contributed by atoms with E-state index >= 15 is 0 Å². The number of rotatable bonds is 68. The van der Waals surface area contributed by atoms with Gasteiger partial charge in [0.05, 0.1) is 57.1 Å². The van der Waals surface area contributed by atoms with Crippen molar-refractivity contribution in [1.82, 2.24) is 5.09 Å². The number of quaternary nitrogens is 1. The van der Waals surface area contributed by atoms with E-state index in [4.69, 9.17) is 9.05 Å². The number of unbranched alkanes of at least 4 members (excludes halogenated alkanes) is 40. The molecule has 476 valence electrons. The van der Waals surface area contributed by atoms with Crippen LogP contribution in [0.25, 0.3) is 0 Å². The maximum atomic E-state index is 14.1. The van der Waals surface area contributed by atoms with Crippen LogP contribution in [0.5, 0.6) is 0 Å². The molecule has 0 aliphatic rings. The van der Waals surface area contributed by atoms with Gasteiger partial charge in [0.15, 0.2) is 0 Å². The van der Waals surface area contributed by atoms with Crippen molar-refractivity contribution in [2.75, 3.05) is 64.2 Å². The topological polar surface area (TPSA) is 105 Å². The van der Waals surface area contributed by atoms with Gasteiger partial charge in [-0.25, -0.2) is 18.1 Å². The molecule has 0 aromatic rings. The van der Waals surface area contributed by atoms with E-state index in [0.717, 1.165) is 36.2 Å². The third-order valence-corrected chi connectivity index (χ3v) is 21.9. The summed E-state index contributed by atoms with van der Waals surface area (Å²) in [5, 5.41) is 4.82. The van der Waals surface area contributed by atoms with E-state index in [2.05, 4.69) is 56.3 Å². The summed E-state index contributed by atoms with van der Waals surface area (Å²) in [6.07, 6.45) is 67.5. The van der Waals surface area contributed by atoms with Gasteiger partial charge in [0.2, 0.25) is 0 Å². The zero-order valence-corrected chi connectivity index (χ0v) is 57.3. The molecular formula is C67H139N2O6PS3. The van der Waals surface area contributed by atoms with Crippen molar-refractivity contribution in [2.45, 2.75) is 366 Å². The highest BCUT2D eigenvalue weighted by Crippen LogP contribution is 2.44. The van der Waals surface area contributed by atoms with Gasteiger partial charge in [-0.1, -0.05) is 297 Å². The Kier molecular flexibility index (Phi) is 60.9. The van der Waals surface area contributed by atoms with E-state index in [0.29, 0.717) is 43.8 Å². The fourth-order valence-electron chi connectivity index (χ4n) is 11.1. The fourth-order valence-corrected chi connectivity index (χ4v) is 15.7. The van der Waals surface area contributed by atoms with Gasteiger partial charge in [0.25, 0.3) is 0 Å². The van der Waals surface area contributed by atoms with Crippen LogP contribution in [0.4, 0.5) is 0 Å². The Morgan fingerprint density at radius 1 is 0.392 bits per heavy atom. The zero-order chi connectivity index (χ0) is 57.9. The van der Waals surface area contributed by atoms with Gasteiger partial charge in [-0.2, -0.15) is 23.5 Å². The first-order valence-electron chi connectivity index (χ1n) is 35.0. The molecule has 3 unspecified atom stereocenters. The van der Waals surface area contributed by atoms with E-state index in [1.54, 1.807) is 0 Å². The normalized spacial score (nSPS) is 13.9. The average Bonchev–Trinajstić information content (AvgIpc) is 3.41. The van der Waals surface area contributed by atoms with Crippen LogP contribution in [0.3, 0.4) is 0 Å². The highest BCUT2D eigenvalue weighted by molar-refractivity contribution is 8.00. The molecule has 0 aliphatic carbocycles. The van der Waals surface area contributed by atoms with Crippen molar-refractivity contribution in [1.29, 1.82) is 0 Å². The van der Waals surface area contributed by atoms with Crippen LogP contribution < -0.4 is 5.09 Å². The molecule has 79 heavy (non-hydrogen) atoms. The minimum Gasteiger partial charge on any atom is -0.748 e. The minimum atomic E-state index is -4.24. The Labute approximate surface area is 504 Å². The molecule has 0 aromatic carbocycles. The second-order valence-corrected chi connectivity index (χ2v) is 31.2. The van der Waals surface area contributed by atoms with E-state index in [-0.39, 0.29) is 5.75 Å². The number of hydrogen-bond acceptors (Lipinski definition) is 8. The molecule has 8 nitrogen and oxygen atoms in total. The summed E-state index contributed by atoms with van der Waals surface area (Å²) >= 11 is 4.58. The number of likely N-dealkylation sites (N-methyl/N-ethyl adjacent to an activating group) is 1. The molecule has 0 fully saturated rings. The predicted molar refractivity (Wildman–Crippen MR) is 355 cm³/mol. The summed E-state index contributed by atoms with van der Waals surface area (Å²) in [7, 11) is -3.73. The van der Waals surface area contributed by atoms with Gasteiger partial charge in [-0.05, 0) is 62.9 Å². The van der Waals surface area contributed by atoms with Crippen molar-refractivity contribution in [3.63, 3.8) is 0 Å². The Morgan fingerprint density at radius 2 is 0.658 bits per heavy atom. The Balaban J connectivity index is 4.82.